The number of carbonyl (C=O) groups is 1. The lowest BCUT2D eigenvalue weighted by Gasteiger charge is -2.23. The summed E-state index contributed by atoms with van der Waals surface area (Å²) in [6, 6.07) is 12.7. The number of rotatable bonds is 7. The second-order valence-electron chi connectivity index (χ2n) is 8.48. The van der Waals surface area contributed by atoms with Gasteiger partial charge in [0.1, 0.15) is 18.1 Å². The molecule has 30 heavy (non-hydrogen) atoms. The smallest absolute Gasteiger partial charge is 0.255 e. The molecule has 1 amide bonds. The van der Waals surface area contributed by atoms with Gasteiger partial charge in [-0.1, -0.05) is 19.3 Å². The van der Waals surface area contributed by atoms with Crippen molar-refractivity contribution in [3.05, 3.63) is 53.6 Å². The first-order chi connectivity index (χ1) is 14.7. The van der Waals surface area contributed by atoms with Crippen LogP contribution >= 0.6 is 0 Å². The number of nitrogens with one attached hydrogen (secondary N) is 1. The molecule has 2 N–H and O–H groups in total. The van der Waals surface area contributed by atoms with Crippen LogP contribution in [0.15, 0.2) is 42.5 Å². The molecule has 0 spiro atoms. The number of hydrogen-bond acceptors (Lipinski definition) is 4. The van der Waals surface area contributed by atoms with E-state index >= 15 is 0 Å². The number of aromatic hydroxyl groups is 1. The predicted molar refractivity (Wildman–Crippen MR) is 119 cm³/mol. The average Bonchev–Trinajstić information content (AvgIpc) is 3.29. The summed E-state index contributed by atoms with van der Waals surface area (Å²) in [6.07, 6.45) is 8.38. The first kappa shape index (κ1) is 20.7. The van der Waals surface area contributed by atoms with Crippen LogP contribution in [0.4, 0.5) is 5.69 Å². The SMILES string of the molecule is O=C(Nc1ccc(OCCN2CCCC2)cc1)c1ccc(O)c(C2CCCCC2)c1. The van der Waals surface area contributed by atoms with Gasteiger partial charge >= 0.3 is 0 Å². The molecule has 1 saturated heterocycles. The van der Waals surface area contributed by atoms with Crippen molar-refractivity contribution in [2.75, 3.05) is 31.6 Å². The molecule has 1 aliphatic carbocycles. The summed E-state index contributed by atoms with van der Waals surface area (Å²) < 4.78 is 5.83. The van der Waals surface area contributed by atoms with Crippen LogP contribution in [0, 0.1) is 0 Å². The average molecular weight is 409 g/mol. The third-order valence-corrected chi connectivity index (χ3v) is 6.32. The Hall–Kier alpha value is -2.53. The van der Waals surface area contributed by atoms with E-state index in [1.165, 1.54) is 45.2 Å². The van der Waals surface area contributed by atoms with Gasteiger partial charge in [0.05, 0.1) is 0 Å². The van der Waals surface area contributed by atoms with E-state index in [-0.39, 0.29) is 5.91 Å². The van der Waals surface area contributed by atoms with Gasteiger partial charge in [0, 0.05) is 17.8 Å². The minimum absolute atomic E-state index is 0.158. The lowest BCUT2D eigenvalue weighted by Crippen LogP contribution is -2.25. The minimum Gasteiger partial charge on any atom is -0.508 e. The zero-order valence-corrected chi connectivity index (χ0v) is 17.6. The Kier molecular flexibility index (Phi) is 6.90. The van der Waals surface area contributed by atoms with Crippen LogP contribution in [-0.2, 0) is 0 Å². The molecule has 160 valence electrons. The quantitative estimate of drug-likeness (QED) is 0.664. The van der Waals surface area contributed by atoms with Gasteiger partial charge in [0.15, 0.2) is 0 Å². The second kappa shape index (κ2) is 9.98. The highest BCUT2D eigenvalue weighted by Crippen LogP contribution is 2.37. The van der Waals surface area contributed by atoms with Crippen LogP contribution in [0.2, 0.25) is 0 Å². The van der Waals surface area contributed by atoms with Crippen molar-refractivity contribution in [2.45, 2.75) is 50.9 Å². The topological polar surface area (TPSA) is 61.8 Å². The summed E-state index contributed by atoms with van der Waals surface area (Å²) in [4.78, 5) is 15.2. The van der Waals surface area contributed by atoms with Crippen molar-refractivity contribution in [2.24, 2.45) is 0 Å². The summed E-state index contributed by atoms with van der Waals surface area (Å²) in [5, 5.41) is 13.2. The lowest BCUT2D eigenvalue weighted by atomic mass is 9.83. The summed E-state index contributed by atoms with van der Waals surface area (Å²) in [5.74, 6) is 1.31. The molecule has 4 rings (SSSR count). The Balaban J connectivity index is 1.33. The second-order valence-corrected chi connectivity index (χ2v) is 8.48. The third-order valence-electron chi connectivity index (χ3n) is 6.32. The molecule has 2 aromatic carbocycles. The van der Waals surface area contributed by atoms with Crippen molar-refractivity contribution in [3.63, 3.8) is 0 Å². The monoisotopic (exact) mass is 408 g/mol. The summed E-state index contributed by atoms with van der Waals surface area (Å²) in [5.41, 5.74) is 2.22. The zero-order chi connectivity index (χ0) is 20.8. The number of amides is 1. The van der Waals surface area contributed by atoms with Crippen molar-refractivity contribution < 1.29 is 14.6 Å². The summed E-state index contributed by atoms with van der Waals surface area (Å²) in [7, 11) is 0. The highest BCUT2D eigenvalue weighted by atomic mass is 16.5. The van der Waals surface area contributed by atoms with Crippen molar-refractivity contribution in [1.82, 2.24) is 4.90 Å². The van der Waals surface area contributed by atoms with E-state index in [4.69, 9.17) is 4.74 Å². The number of phenolic OH excluding ortho intramolecular Hbond substituents is 1. The third kappa shape index (κ3) is 5.33. The number of phenols is 1. The van der Waals surface area contributed by atoms with Crippen molar-refractivity contribution >= 4 is 11.6 Å². The Morgan fingerprint density at radius 2 is 1.73 bits per heavy atom. The van der Waals surface area contributed by atoms with Gasteiger partial charge in [-0.2, -0.15) is 0 Å². The van der Waals surface area contributed by atoms with Gasteiger partial charge in [0.2, 0.25) is 0 Å². The molecule has 1 heterocycles. The van der Waals surface area contributed by atoms with Crippen molar-refractivity contribution in [1.29, 1.82) is 0 Å². The molecule has 2 fully saturated rings. The first-order valence-corrected chi connectivity index (χ1v) is 11.3. The Morgan fingerprint density at radius 1 is 1.00 bits per heavy atom. The molecule has 0 bridgehead atoms. The molecule has 1 saturated carbocycles. The number of benzene rings is 2. The van der Waals surface area contributed by atoms with E-state index in [2.05, 4.69) is 10.2 Å². The molecule has 2 aliphatic rings. The van der Waals surface area contributed by atoms with Gasteiger partial charge in [-0.15, -0.1) is 0 Å². The number of hydrogen-bond donors (Lipinski definition) is 2. The van der Waals surface area contributed by atoms with E-state index in [0.717, 1.165) is 36.4 Å². The van der Waals surface area contributed by atoms with Crippen LogP contribution in [0.5, 0.6) is 11.5 Å². The number of carbonyl (C=O) groups excluding carboxylic acids is 1. The fraction of sp³-hybridized carbons (Fsp3) is 0.480. The van der Waals surface area contributed by atoms with E-state index in [0.29, 0.717) is 23.8 Å². The number of likely N-dealkylation sites (tertiary alicyclic amines) is 1. The number of ether oxygens (including phenoxy) is 1. The molecule has 2 aromatic rings. The molecule has 5 heteroatoms. The number of anilines is 1. The van der Waals surface area contributed by atoms with E-state index in [1.54, 1.807) is 12.1 Å². The van der Waals surface area contributed by atoms with Crippen molar-refractivity contribution in [3.8, 4) is 11.5 Å². The Labute approximate surface area is 179 Å². The molecule has 0 unspecified atom stereocenters. The maximum Gasteiger partial charge on any atom is 0.255 e. The van der Waals surface area contributed by atoms with Gasteiger partial charge in [-0.3, -0.25) is 9.69 Å². The zero-order valence-electron chi connectivity index (χ0n) is 17.6. The van der Waals surface area contributed by atoms with E-state index in [1.807, 2.05) is 30.3 Å². The molecule has 0 atom stereocenters. The Morgan fingerprint density at radius 3 is 2.47 bits per heavy atom. The predicted octanol–water partition coefficient (Wildman–Crippen LogP) is 5.17. The maximum absolute atomic E-state index is 12.7. The van der Waals surface area contributed by atoms with Crippen LogP contribution < -0.4 is 10.1 Å². The van der Waals surface area contributed by atoms with Crippen LogP contribution in [0.1, 0.15) is 66.8 Å². The highest BCUT2D eigenvalue weighted by molar-refractivity contribution is 6.04. The lowest BCUT2D eigenvalue weighted by molar-refractivity contribution is 0.102. The Bertz CT molecular complexity index is 838. The summed E-state index contributed by atoms with van der Waals surface area (Å²) in [6.45, 7) is 3.99. The fourth-order valence-electron chi connectivity index (χ4n) is 4.57. The maximum atomic E-state index is 12.7. The van der Waals surface area contributed by atoms with Gasteiger partial charge < -0.3 is 15.2 Å². The van der Waals surface area contributed by atoms with Gasteiger partial charge in [0.25, 0.3) is 5.91 Å². The number of nitrogens with zero attached hydrogens (tertiary/aromatic N) is 1. The van der Waals surface area contributed by atoms with E-state index in [9.17, 15) is 9.90 Å². The minimum atomic E-state index is -0.158. The van der Waals surface area contributed by atoms with Gasteiger partial charge in [-0.25, -0.2) is 0 Å². The summed E-state index contributed by atoms with van der Waals surface area (Å²) >= 11 is 0. The standard InChI is InChI=1S/C25H32N2O3/c28-24-13-8-20(18-23(24)19-6-2-1-3-7-19)25(29)26-21-9-11-22(12-10-21)30-17-16-27-14-4-5-15-27/h8-13,18-19,28H,1-7,14-17H2,(H,26,29). The van der Waals surface area contributed by atoms with E-state index < -0.39 is 0 Å². The molecular formula is C25H32N2O3. The molecular weight excluding hydrogens is 376 g/mol. The fourth-order valence-corrected chi connectivity index (χ4v) is 4.57. The van der Waals surface area contributed by atoms with Gasteiger partial charge in [-0.05, 0) is 92.7 Å². The highest BCUT2D eigenvalue weighted by Gasteiger charge is 2.20. The largest absolute Gasteiger partial charge is 0.508 e. The normalized spacial score (nSPS) is 17.7. The molecule has 5 nitrogen and oxygen atoms in total. The van der Waals surface area contributed by atoms with Crippen LogP contribution in [0.3, 0.4) is 0 Å². The van der Waals surface area contributed by atoms with Crippen LogP contribution in [-0.4, -0.2) is 42.2 Å². The molecule has 1 aliphatic heterocycles. The first-order valence-electron chi connectivity index (χ1n) is 11.3. The molecule has 0 aromatic heterocycles. The van der Waals surface area contributed by atoms with Crippen LogP contribution in [0.25, 0.3) is 0 Å². The molecule has 0 radical (unpaired) electrons.